The van der Waals surface area contributed by atoms with Crippen molar-refractivity contribution < 1.29 is 23.7 Å². The minimum Gasteiger partial charge on any atom is -0.497 e. The highest BCUT2D eigenvalue weighted by Crippen LogP contribution is 2.23. The number of benzene rings is 1. The molecule has 2 rings (SSSR count). The number of esters is 1. The number of carbonyl (C=O) groups is 1. The summed E-state index contributed by atoms with van der Waals surface area (Å²) in [5.74, 6) is 1.17. The van der Waals surface area contributed by atoms with Gasteiger partial charge in [-0.25, -0.2) is 0 Å². The zero-order valence-corrected chi connectivity index (χ0v) is 10.4. The van der Waals surface area contributed by atoms with Gasteiger partial charge >= 0.3 is 5.97 Å². The van der Waals surface area contributed by atoms with Crippen LogP contribution in [0.5, 0.6) is 11.5 Å². The van der Waals surface area contributed by atoms with Crippen molar-refractivity contribution in [2.75, 3.05) is 13.7 Å². The average molecular weight is 252 g/mol. The highest BCUT2D eigenvalue weighted by Gasteiger charge is 2.29. The van der Waals surface area contributed by atoms with Crippen LogP contribution < -0.4 is 9.47 Å². The average Bonchev–Trinajstić information content (AvgIpc) is 2.76. The second-order valence-corrected chi connectivity index (χ2v) is 4.02. The second kappa shape index (κ2) is 5.73. The summed E-state index contributed by atoms with van der Waals surface area (Å²) in [6.07, 6.45) is -0.0421. The minimum atomic E-state index is -0.372. The molecule has 0 N–H and O–H groups in total. The zero-order valence-electron chi connectivity index (χ0n) is 10.4. The van der Waals surface area contributed by atoms with Crippen molar-refractivity contribution in [2.45, 2.75) is 25.7 Å². The molecule has 0 spiro atoms. The topological polar surface area (TPSA) is 54.0 Å². The van der Waals surface area contributed by atoms with E-state index in [1.807, 2.05) is 12.1 Å². The Balaban J connectivity index is 1.85. The van der Waals surface area contributed by atoms with E-state index in [4.69, 9.17) is 18.9 Å². The predicted octanol–water partition coefficient (Wildman–Crippen LogP) is 1.75. The van der Waals surface area contributed by atoms with E-state index >= 15 is 0 Å². The molecule has 98 valence electrons. The molecule has 1 aliphatic rings. The Morgan fingerprint density at radius 2 is 1.94 bits per heavy atom. The molecule has 5 heteroatoms. The molecule has 2 unspecified atom stereocenters. The lowest BCUT2D eigenvalue weighted by Crippen LogP contribution is -2.18. The van der Waals surface area contributed by atoms with Crippen molar-refractivity contribution in [1.82, 2.24) is 0 Å². The van der Waals surface area contributed by atoms with Gasteiger partial charge in [0.25, 0.3) is 0 Å². The summed E-state index contributed by atoms with van der Waals surface area (Å²) >= 11 is 0. The summed E-state index contributed by atoms with van der Waals surface area (Å²) in [6, 6.07) is 7.24. The first-order valence-corrected chi connectivity index (χ1v) is 5.77. The fourth-order valence-electron chi connectivity index (χ4n) is 1.77. The Morgan fingerprint density at radius 1 is 1.28 bits per heavy atom. The van der Waals surface area contributed by atoms with Crippen LogP contribution in [0.1, 0.15) is 13.3 Å². The molecule has 0 aromatic heterocycles. The Morgan fingerprint density at radius 3 is 2.56 bits per heavy atom. The normalized spacial score (nSPS) is 22.6. The van der Waals surface area contributed by atoms with Crippen LogP contribution in [-0.4, -0.2) is 32.1 Å². The van der Waals surface area contributed by atoms with Crippen molar-refractivity contribution in [2.24, 2.45) is 0 Å². The molecule has 1 aromatic carbocycles. The van der Waals surface area contributed by atoms with E-state index in [2.05, 4.69) is 0 Å². The number of methoxy groups -OCH3 is 1. The maximum Gasteiger partial charge on any atom is 0.302 e. The Bertz CT molecular complexity index is 400. The van der Waals surface area contributed by atoms with Crippen molar-refractivity contribution in [3.63, 3.8) is 0 Å². The van der Waals surface area contributed by atoms with Gasteiger partial charge in [0.15, 0.2) is 0 Å². The number of carbonyl (C=O) groups excluding carboxylic acids is 1. The third-order valence-electron chi connectivity index (χ3n) is 2.58. The lowest BCUT2D eigenvalue weighted by Gasteiger charge is -2.13. The lowest BCUT2D eigenvalue weighted by atomic mass is 10.3. The van der Waals surface area contributed by atoms with E-state index in [1.165, 1.54) is 6.92 Å². The Kier molecular flexibility index (Phi) is 4.04. The van der Waals surface area contributed by atoms with Gasteiger partial charge in [0.2, 0.25) is 6.29 Å². The predicted molar refractivity (Wildman–Crippen MR) is 63.5 cm³/mol. The fraction of sp³-hybridized carbons (Fsp3) is 0.462. The summed E-state index contributed by atoms with van der Waals surface area (Å²) in [6.45, 7) is 1.76. The fourth-order valence-corrected chi connectivity index (χ4v) is 1.77. The van der Waals surface area contributed by atoms with Crippen molar-refractivity contribution >= 4 is 5.97 Å². The van der Waals surface area contributed by atoms with Crippen LogP contribution >= 0.6 is 0 Å². The molecule has 0 radical (unpaired) electrons. The molecular weight excluding hydrogens is 236 g/mol. The van der Waals surface area contributed by atoms with Crippen LogP contribution in [0.25, 0.3) is 0 Å². The molecule has 0 bridgehead atoms. The summed E-state index contributed by atoms with van der Waals surface area (Å²) < 4.78 is 21.1. The van der Waals surface area contributed by atoms with Crippen molar-refractivity contribution in [3.8, 4) is 11.5 Å². The molecule has 18 heavy (non-hydrogen) atoms. The summed E-state index contributed by atoms with van der Waals surface area (Å²) in [5, 5.41) is 0. The molecule has 0 amide bonds. The van der Waals surface area contributed by atoms with E-state index in [1.54, 1.807) is 19.2 Å². The monoisotopic (exact) mass is 252 g/mol. The van der Waals surface area contributed by atoms with E-state index in [-0.39, 0.29) is 18.4 Å². The second-order valence-electron chi connectivity index (χ2n) is 4.02. The van der Waals surface area contributed by atoms with Gasteiger partial charge in [0, 0.05) is 13.3 Å². The van der Waals surface area contributed by atoms with Crippen molar-refractivity contribution in [1.29, 1.82) is 0 Å². The van der Waals surface area contributed by atoms with Crippen molar-refractivity contribution in [3.05, 3.63) is 24.3 Å². The van der Waals surface area contributed by atoms with Crippen LogP contribution in [-0.2, 0) is 14.3 Å². The van der Waals surface area contributed by atoms with Gasteiger partial charge < -0.3 is 18.9 Å². The van der Waals surface area contributed by atoms with Gasteiger partial charge in [-0.3, -0.25) is 4.79 Å². The zero-order chi connectivity index (χ0) is 13.0. The SMILES string of the molecule is COc1ccc(OC2CC(OC(C)=O)CO2)cc1. The van der Waals surface area contributed by atoms with Gasteiger partial charge in [-0.1, -0.05) is 0 Å². The highest BCUT2D eigenvalue weighted by molar-refractivity contribution is 5.66. The largest absolute Gasteiger partial charge is 0.497 e. The van der Waals surface area contributed by atoms with Crippen LogP contribution in [0.15, 0.2) is 24.3 Å². The third kappa shape index (κ3) is 3.37. The third-order valence-corrected chi connectivity index (χ3v) is 2.58. The lowest BCUT2D eigenvalue weighted by molar-refractivity contribution is -0.146. The molecule has 1 aromatic rings. The van der Waals surface area contributed by atoms with Gasteiger partial charge in [-0.2, -0.15) is 0 Å². The molecule has 2 atom stereocenters. The smallest absolute Gasteiger partial charge is 0.302 e. The molecular formula is C13H16O5. The molecule has 5 nitrogen and oxygen atoms in total. The summed E-state index contributed by atoms with van der Waals surface area (Å²) in [7, 11) is 1.61. The first-order chi connectivity index (χ1) is 8.67. The van der Waals surface area contributed by atoms with Crippen LogP contribution in [0.2, 0.25) is 0 Å². The van der Waals surface area contributed by atoms with Gasteiger partial charge in [0.1, 0.15) is 17.6 Å². The van der Waals surface area contributed by atoms with Gasteiger partial charge in [-0.15, -0.1) is 0 Å². The molecule has 1 aliphatic heterocycles. The summed E-state index contributed by atoms with van der Waals surface area (Å²) in [4.78, 5) is 10.8. The number of hydrogen-bond donors (Lipinski definition) is 0. The molecule has 0 aliphatic carbocycles. The van der Waals surface area contributed by atoms with Crippen LogP contribution in [0.4, 0.5) is 0 Å². The van der Waals surface area contributed by atoms with E-state index in [0.29, 0.717) is 18.8 Å². The number of rotatable bonds is 4. The Labute approximate surface area is 106 Å². The minimum absolute atomic E-state index is 0.217. The molecule has 1 heterocycles. The number of hydrogen-bond acceptors (Lipinski definition) is 5. The first-order valence-electron chi connectivity index (χ1n) is 5.77. The van der Waals surface area contributed by atoms with Crippen LogP contribution in [0.3, 0.4) is 0 Å². The van der Waals surface area contributed by atoms with Crippen LogP contribution in [0, 0.1) is 0 Å². The number of ether oxygens (including phenoxy) is 4. The maximum atomic E-state index is 10.8. The molecule has 0 saturated carbocycles. The quantitative estimate of drug-likeness (QED) is 0.764. The Hall–Kier alpha value is -1.75. The highest BCUT2D eigenvalue weighted by atomic mass is 16.7. The van der Waals surface area contributed by atoms with Gasteiger partial charge in [-0.05, 0) is 24.3 Å². The summed E-state index contributed by atoms with van der Waals surface area (Å²) in [5.41, 5.74) is 0. The van der Waals surface area contributed by atoms with E-state index < -0.39 is 0 Å². The molecule has 1 fully saturated rings. The maximum absolute atomic E-state index is 10.8. The molecule has 1 saturated heterocycles. The van der Waals surface area contributed by atoms with Gasteiger partial charge in [0.05, 0.1) is 13.7 Å². The van der Waals surface area contributed by atoms with E-state index in [9.17, 15) is 4.79 Å². The standard InChI is InChI=1S/C13H16O5/c1-9(14)17-12-7-13(16-8-12)18-11-5-3-10(15-2)4-6-11/h3-6,12-13H,7-8H2,1-2H3. The first kappa shape index (κ1) is 12.7. The van der Waals surface area contributed by atoms with E-state index in [0.717, 1.165) is 5.75 Å².